The Hall–Kier alpha value is -0.250. The summed E-state index contributed by atoms with van der Waals surface area (Å²) in [5.41, 5.74) is 5.91. The van der Waals surface area contributed by atoms with Crippen LogP contribution in [0.1, 0.15) is 8.30 Å². The molecule has 0 saturated heterocycles. The van der Waals surface area contributed by atoms with Crippen LogP contribution in [-0.4, -0.2) is 12.6 Å². The number of hydrogen-bond acceptors (Lipinski definition) is 2. The van der Waals surface area contributed by atoms with E-state index in [0.29, 0.717) is 16.3 Å². The summed E-state index contributed by atoms with van der Waals surface area (Å²) in [4.78, 5) is 0. The summed E-state index contributed by atoms with van der Waals surface area (Å²) in [5, 5.41) is 0.402. The Morgan fingerprint density at radius 2 is 2.54 bits per heavy atom. The number of ether oxygens (including phenoxy) is 1. The van der Waals surface area contributed by atoms with Gasteiger partial charge in [0.15, 0.2) is 0 Å². The highest BCUT2D eigenvalue weighted by Gasteiger charge is 2.24. The first-order chi connectivity index (χ1) is 6.96. The maximum Gasteiger partial charge on any atom is 0.141 e. The molecule has 1 aromatic rings. The summed E-state index contributed by atoms with van der Waals surface area (Å²) < 4.78 is 21.9. The average molecular weight is 265 g/mol. The molecule has 0 fully saturated rings. The minimum absolute atomic E-state index is 0.121. The van der Waals surface area contributed by atoms with Crippen molar-refractivity contribution in [2.45, 2.75) is 12.5 Å². The Bertz CT molecular complexity index is 413. The van der Waals surface area contributed by atoms with E-state index in [2.05, 4.69) is 15.9 Å². The molecule has 4 heteroatoms. The quantitative estimate of drug-likeness (QED) is 0.845. The van der Waals surface area contributed by atoms with Crippen LogP contribution >= 0.6 is 27.5 Å². The first-order valence-corrected chi connectivity index (χ1v) is 5.00. The number of benzene rings is 1. The molecule has 0 bridgehead atoms. The zero-order valence-electron chi connectivity index (χ0n) is 8.68. The van der Waals surface area contributed by atoms with E-state index in [-0.39, 0.29) is 6.54 Å². The number of fused-ring (bicyclic) bond motifs is 1. The first kappa shape index (κ1) is 7.10. The third kappa shape index (κ3) is 1.68. The van der Waals surface area contributed by atoms with Gasteiger partial charge in [0, 0.05) is 25.7 Å². The van der Waals surface area contributed by atoms with Crippen molar-refractivity contribution in [3.63, 3.8) is 0 Å². The van der Waals surface area contributed by atoms with Gasteiger partial charge in [-0.05, 0) is 12.1 Å². The normalized spacial score (nSPS) is 25.9. The van der Waals surface area contributed by atoms with E-state index in [4.69, 9.17) is 24.8 Å². The molecule has 1 atom stereocenters. The van der Waals surface area contributed by atoms with E-state index in [1.54, 1.807) is 12.1 Å². The van der Waals surface area contributed by atoms with Gasteiger partial charge in [0.2, 0.25) is 0 Å². The summed E-state index contributed by atoms with van der Waals surface area (Å²) in [6, 6.07) is 3.35. The Morgan fingerprint density at radius 1 is 1.77 bits per heavy atom. The largest absolute Gasteiger partial charge is 0.487 e. The maximum absolute atomic E-state index is 7.90. The van der Waals surface area contributed by atoms with Crippen LogP contribution < -0.4 is 10.5 Å². The second-order valence-corrected chi connectivity index (χ2v) is 4.07. The van der Waals surface area contributed by atoms with Gasteiger partial charge >= 0.3 is 0 Å². The Labute approximate surface area is 93.0 Å². The number of nitrogens with two attached hydrogens (primary N) is 1. The molecule has 1 aliphatic heterocycles. The van der Waals surface area contributed by atoms with Gasteiger partial charge in [-0.25, -0.2) is 0 Å². The molecule has 0 amide bonds. The SMILES string of the molecule is [2H]C1([2H])c2cc(Br)cc(Cl)c2OC1CN. The van der Waals surface area contributed by atoms with Gasteiger partial charge in [-0.2, -0.15) is 0 Å². The molecule has 1 heterocycles. The monoisotopic (exact) mass is 263 g/mol. The van der Waals surface area contributed by atoms with Crippen molar-refractivity contribution in [1.82, 2.24) is 0 Å². The smallest absolute Gasteiger partial charge is 0.141 e. The first-order valence-electron chi connectivity index (χ1n) is 4.83. The van der Waals surface area contributed by atoms with Crippen LogP contribution in [-0.2, 0) is 6.37 Å². The topological polar surface area (TPSA) is 35.2 Å². The molecule has 1 unspecified atom stereocenters. The van der Waals surface area contributed by atoms with Crippen LogP contribution in [0.15, 0.2) is 16.6 Å². The summed E-state index contributed by atoms with van der Waals surface area (Å²) in [6.07, 6.45) is -2.25. The zero-order chi connectivity index (χ0) is 11.2. The zero-order valence-corrected chi connectivity index (χ0v) is 9.02. The summed E-state index contributed by atoms with van der Waals surface area (Å²) >= 11 is 9.23. The standard InChI is InChI=1S/C9H9BrClNO/c10-6-1-5-2-7(4-12)13-9(5)8(11)3-6/h1,3,7H,2,4,12H2/i2D2. The van der Waals surface area contributed by atoms with Crippen molar-refractivity contribution in [2.24, 2.45) is 5.73 Å². The number of hydrogen-bond donors (Lipinski definition) is 1. The lowest BCUT2D eigenvalue weighted by Gasteiger charge is -2.06. The second-order valence-electron chi connectivity index (χ2n) is 2.75. The number of rotatable bonds is 1. The molecule has 0 saturated carbocycles. The fourth-order valence-corrected chi connectivity index (χ4v) is 2.09. The van der Waals surface area contributed by atoms with Gasteiger partial charge in [0.05, 0.1) is 5.02 Å². The molecule has 2 nitrogen and oxygen atoms in total. The summed E-state index contributed by atoms with van der Waals surface area (Å²) in [5.74, 6) is 0.403. The van der Waals surface area contributed by atoms with Crippen LogP contribution in [0.4, 0.5) is 0 Å². The predicted octanol–water partition coefficient (Wildman–Crippen LogP) is 2.36. The summed E-state index contributed by atoms with van der Waals surface area (Å²) in [6.45, 7) is 0.121. The molecular weight excluding hydrogens is 253 g/mol. The van der Waals surface area contributed by atoms with Gasteiger partial charge in [-0.15, -0.1) is 0 Å². The molecule has 0 aromatic heterocycles. The second kappa shape index (κ2) is 3.48. The average Bonchev–Trinajstić information content (AvgIpc) is 2.39. The van der Waals surface area contributed by atoms with Crippen molar-refractivity contribution in [3.8, 4) is 5.75 Å². The molecule has 0 radical (unpaired) electrons. The van der Waals surface area contributed by atoms with Crippen LogP contribution in [0.2, 0.25) is 5.02 Å². The van der Waals surface area contributed by atoms with E-state index in [1.807, 2.05) is 0 Å². The predicted molar refractivity (Wildman–Crippen MR) is 56.3 cm³/mol. The molecule has 2 rings (SSSR count). The van der Waals surface area contributed by atoms with E-state index in [9.17, 15) is 0 Å². The third-order valence-corrected chi connectivity index (χ3v) is 2.54. The molecular formula is C9H9BrClNO. The summed E-state index contributed by atoms with van der Waals surface area (Å²) in [7, 11) is 0. The number of halogens is 2. The van der Waals surface area contributed by atoms with Crippen molar-refractivity contribution in [2.75, 3.05) is 6.54 Å². The van der Waals surface area contributed by atoms with Gasteiger partial charge < -0.3 is 10.5 Å². The van der Waals surface area contributed by atoms with E-state index in [0.717, 1.165) is 4.47 Å². The third-order valence-electron chi connectivity index (χ3n) is 1.80. The fourth-order valence-electron chi connectivity index (χ4n) is 1.24. The maximum atomic E-state index is 7.90. The highest BCUT2D eigenvalue weighted by atomic mass is 79.9. The molecule has 2 N–H and O–H groups in total. The van der Waals surface area contributed by atoms with E-state index < -0.39 is 12.5 Å². The highest BCUT2D eigenvalue weighted by Crippen LogP contribution is 2.37. The van der Waals surface area contributed by atoms with Crippen LogP contribution in [0.3, 0.4) is 0 Å². The molecule has 13 heavy (non-hydrogen) atoms. The minimum atomic E-state index is -1.59. The fraction of sp³-hybridized carbons (Fsp3) is 0.333. The van der Waals surface area contributed by atoms with Gasteiger partial charge in [-0.3, -0.25) is 0 Å². The van der Waals surface area contributed by atoms with Gasteiger partial charge in [-0.1, -0.05) is 27.5 Å². The highest BCUT2D eigenvalue weighted by molar-refractivity contribution is 9.10. The lowest BCUT2D eigenvalue weighted by atomic mass is 10.1. The Balaban J connectivity index is 2.58. The molecule has 0 aliphatic carbocycles. The van der Waals surface area contributed by atoms with Crippen molar-refractivity contribution in [3.05, 3.63) is 27.2 Å². The minimum Gasteiger partial charge on any atom is -0.487 e. The van der Waals surface area contributed by atoms with Crippen LogP contribution in [0, 0.1) is 0 Å². The Kier molecular flexibility index (Phi) is 1.90. The van der Waals surface area contributed by atoms with Crippen LogP contribution in [0.5, 0.6) is 5.75 Å². The van der Waals surface area contributed by atoms with E-state index in [1.165, 1.54) is 0 Å². The lowest BCUT2D eigenvalue weighted by molar-refractivity contribution is 0.241. The van der Waals surface area contributed by atoms with Crippen molar-refractivity contribution >= 4 is 27.5 Å². The Morgan fingerprint density at radius 3 is 3.23 bits per heavy atom. The van der Waals surface area contributed by atoms with Gasteiger partial charge in [0.25, 0.3) is 0 Å². The van der Waals surface area contributed by atoms with Gasteiger partial charge in [0.1, 0.15) is 11.9 Å². The lowest BCUT2D eigenvalue weighted by Crippen LogP contribution is -2.24. The van der Waals surface area contributed by atoms with E-state index >= 15 is 0 Å². The molecule has 1 aliphatic rings. The van der Waals surface area contributed by atoms with Crippen molar-refractivity contribution < 1.29 is 7.48 Å². The van der Waals surface area contributed by atoms with Crippen molar-refractivity contribution in [1.29, 1.82) is 0 Å². The molecule has 0 spiro atoms. The van der Waals surface area contributed by atoms with Crippen LogP contribution in [0.25, 0.3) is 0 Å². The molecule has 1 aromatic carbocycles. The molecule has 70 valence electrons.